The van der Waals surface area contributed by atoms with Gasteiger partial charge in [0.1, 0.15) is 11.6 Å². The number of rotatable bonds is 6. The molecule has 2 aromatic rings. The van der Waals surface area contributed by atoms with Gasteiger partial charge in [-0.1, -0.05) is 30.3 Å². The highest BCUT2D eigenvalue weighted by atomic mass is 16.1. The van der Waals surface area contributed by atoms with Crippen LogP contribution in [0.4, 0.5) is 5.69 Å². The summed E-state index contributed by atoms with van der Waals surface area (Å²) in [7, 11) is 0. The summed E-state index contributed by atoms with van der Waals surface area (Å²) in [5, 5.41) is 14.7. The molecule has 1 heterocycles. The number of pyridine rings is 1. The lowest BCUT2D eigenvalue weighted by Crippen LogP contribution is -2.27. The predicted octanol–water partition coefficient (Wildman–Crippen LogP) is 2.57. The summed E-state index contributed by atoms with van der Waals surface area (Å²) in [5.74, 6) is -0.393. The van der Waals surface area contributed by atoms with E-state index in [9.17, 15) is 4.79 Å². The summed E-state index contributed by atoms with van der Waals surface area (Å²) in [6.45, 7) is 2.37. The van der Waals surface area contributed by atoms with Gasteiger partial charge in [0, 0.05) is 18.4 Å². The summed E-state index contributed by atoms with van der Waals surface area (Å²) in [4.78, 5) is 16.1. The molecule has 0 radical (unpaired) electrons. The molecule has 0 spiro atoms. The van der Waals surface area contributed by atoms with Gasteiger partial charge in [-0.15, -0.1) is 0 Å². The second-order valence-corrected chi connectivity index (χ2v) is 4.99. The Morgan fingerprint density at radius 1 is 1.26 bits per heavy atom. The van der Waals surface area contributed by atoms with Gasteiger partial charge in [-0.2, -0.15) is 5.26 Å². The minimum absolute atomic E-state index is 0.0265. The highest BCUT2D eigenvalue weighted by Gasteiger charge is 2.08. The Labute approximate surface area is 135 Å². The lowest BCUT2D eigenvalue weighted by atomic mass is 10.1. The summed E-state index contributed by atoms with van der Waals surface area (Å²) in [5.41, 5.74) is 2.79. The lowest BCUT2D eigenvalue weighted by molar-refractivity contribution is -0.117. The zero-order chi connectivity index (χ0) is 16.5. The molecule has 2 N–H and O–H groups in total. The topological polar surface area (TPSA) is 77.8 Å². The van der Waals surface area contributed by atoms with Crippen LogP contribution in [-0.2, 0) is 11.2 Å². The molecule has 5 nitrogen and oxygen atoms in total. The average Bonchev–Trinajstić information content (AvgIpc) is 2.58. The van der Waals surface area contributed by atoms with E-state index < -0.39 is 5.91 Å². The van der Waals surface area contributed by atoms with Crippen molar-refractivity contribution < 1.29 is 4.79 Å². The molecule has 0 aliphatic rings. The molecule has 23 heavy (non-hydrogen) atoms. The van der Waals surface area contributed by atoms with E-state index in [2.05, 4.69) is 15.6 Å². The number of nitrogens with one attached hydrogen (secondary N) is 2. The highest BCUT2D eigenvalue weighted by Crippen LogP contribution is 2.06. The van der Waals surface area contributed by atoms with E-state index in [-0.39, 0.29) is 5.57 Å². The van der Waals surface area contributed by atoms with Crippen LogP contribution in [0.5, 0.6) is 0 Å². The molecule has 0 fully saturated rings. The van der Waals surface area contributed by atoms with Crippen molar-refractivity contribution in [1.82, 2.24) is 10.3 Å². The minimum Gasteiger partial charge on any atom is -0.359 e. The van der Waals surface area contributed by atoms with Crippen LogP contribution in [0.1, 0.15) is 11.3 Å². The second-order valence-electron chi connectivity index (χ2n) is 4.99. The Morgan fingerprint density at radius 2 is 2.04 bits per heavy atom. The molecule has 0 aliphatic heterocycles. The molecule has 0 atom stereocenters. The first-order valence-electron chi connectivity index (χ1n) is 7.30. The number of hydrogen-bond donors (Lipinski definition) is 2. The molecule has 0 saturated heterocycles. The standard InChI is InChI=1S/C18H18N4O/c1-14-7-8-17(13-21-14)22-12-16(11-19)18(23)20-10-9-15-5-3-2-4-6-15/h2-8,12-13,22H,9-10H2,1H3,(H,20,23)/b16-12-. The van der Waals surface area contributed by atoms with Crippen LogP contribution in [0.15, 0.2) is 60.4 Å². The van der Waals surface area contributed by atoms with Crippen molar-refractivity contribution >= 4 is 11.6 Å². The van der Waals surface area contributed by atoms with E-state index in [0.29, 0.717) is 6.54 Å². The van der Waals surface area contributed by atoms with E-state index in [1.807, 2.05) is 55.5 Å². The van der Waals surface area contributed by atoms with Gasteiger partial charge >= 0.3 is 0 Å². The normalized spacial score (nSPS) is 10.7. The highest BCUT2D eigenvalue weighted by molar-refractivity contribution is 5.97. The van der Waals surface area contributed by atoms with Crippen molar-refractivity contribution in [2.75, 3.05) is 11.9 Å². The fraction of sp³-hybridized carbons (Fsp3) is 0.167. The van der Waals surface area contributed by atoms with Crippen molar-refractivity contribution in [3.05, 3.63) is 71.7 Å². The number of hydrogen-bond acceptors (Lipinski definition) is 4. The fourth-order valence-corrected chi connectivity index (χ4v) is 1.92. The Balaban J connectivity index is 1.86. The van der Waals surface area contributed by atoms with Crippen molar-refractivity contribution in [3.63, 3.8) is 0 Å². The van der Waals surface area contributed by atoms with Crippen LogP contribution in [0, 0.1) is 18.3 Å². The monoisotopic (exact) mass is 306 g/mol. The van der Waals surface area contributed by atoms with Crippen molar-refractivity contribution in [2.24, 2.45) is 0 Å². The number of carbonyl (C=O) groups is 1. The van der Waals surface area contributed by atoms with Crippen LogP contribution in [0.25, 0.3) is 0 Å². The van der Waals surface area contributed by atoms with Crippen LogP contribution in [-0.4, -0.2) is 17.4 Å². The van der Waals surface area contributed by atoms with Crippen LogP contribution in [0.2, 0.25) is 0 Å². The zero-order valence-corrected chi connectivity index (χ0v) is 12.9. The smallest absolute Gasteiger partial charge is 0.263 e. The molecule has 2 rings (SSSR count). The van der Waals surface area contributed by atoms with E-state index in [1.165, 1.54) is 6.20 Å². The van der Waals surface area contributed by atoms with Crippen LogP contribution >= 0.6 is 0 Å². The molecule has 1 aromatic carbocycles. The Kier molecular flexibility index (Phi) is 5.89. The van der Waals surface area contributed by atoms with Gasteiger partial charge in [0.2, 0.25) is 0 Å². The number of nitriles is 1. The third kappa shape index (κ3) is 5.29. The quantitative estimate of drug-likeness (QED) is 0.635. The van der Waals surface area contributed by atoms with Gasteiger partial charge in [-0.3, -0.25) is 9.78 Å². The third-order valence-electron chi connectivity index (χ3n) is 3.20. The van der Waals surface area contributed by atoms with E-state index in [1.54, 1.807) is 6.20 Å². The molecule has 0 bridgehead atoms. The number of aromatic nitrogens is 1. The maximum absolute atomic E-state index is 12.0. The fourth-order valence-electron chi connectivity index (χ4n) is 1.92. The molecule has 5 heteroatoms. The Morgan fingerprint density at radius 3 is 2.70 bits per heavy atom. The summed E-state index contributed by atoms with van der Waals surface area (Å²) < 4.78 is 0. The number of benzene rings is 1. The first kappa shape index (κ1) is 16.2. The maximum atomic E-state index is 12.0. The van der Waals surface area contributed by atoms with Crippen molar-refractivity contribution in [2.45, 2.75) is 13.3 Å². The van der Waals surface area contributed by atoms with E-state index in [4.69, 9.17) is 5.26 Å². The van der Waals surface area contributed by atoms with Gasteiger partial charge in [-0.05, 0) is 31.0 Å². The molecule has 0 unspecified atom stereocenters. The number of amides is 1. The van der Waals surface area contributed by atoms with Crippen molar-refractivity contribution in [1.29, 1.82) is 5.26 Å². The number of nitrogens with zero attached hydrogens (tertiary/aromatic N) is 2. The molecule has 1 amide bonds. The molecule has 1 aromatic heterocycles. The number of anilines is 1. The SMILES string of the molecule is Cc1ccc(N/C=C(/C#N)C(=O)NCCc2ccccc2)cn1. The molecule has 116 valence electrons. The summed E-state index contributed by atoms with van der Waals surface area (Å²) in [6, 6.07) is 15.4. The van der Waals surface area contributed by atoms with E-state index >= 15 is 0 Å². The van der Waals surface area contributed by atoms with Gasteiger partial charge in [0.05, 0.1) is 11.9 Å². The summed E-state index contributed by atoms with van der Waals surface area (Å²) in [6.07, 6.45) is 3.76. The molecule has 0 aliphatic carbocycles. The minimum atomic E-state index is -0.393. The zero-order valence-electron chi connectivity index (χ0n) is 12.9. The molecular weight excluding hydrogens is 288 g/mol. The van der Waals surface area contributed by atoms with Gasteiger partial charge in [0.15, 0.2) is 0 Å². The van der Waals surface area contributed by atoms with Crippen molar-refractivity contribution in [3.8, 4) is 6.07 Å². The van der Waals surface area contributed by atoms with Gasteiger partial charge in [0.25, 0.3) is 5.91 Å². The third-order valence-corrected chi connectivity index (χ3v) is 3.20. The largest absolute Gasteiger partial charge is 0.359 e. The van der Waals surface area contributed by atoms with Crippen LogP contribution < -0.4 is 10.6 Å². The number of carbonyl (C=O) groups excluding carboxylic acids is 1. The lowest BCUT2D eigenvalue weighted by Gasteiger charge is -2.05. The van der Waals surface area contributed by atoms with Crippen LogP contribution in [0.3, 0.4) is 0 Å². The molecular formula is C18H18N4O. The average molecular weight is 306 g/mol. The predicted molar refractivity (Wildman–Crippen MR) is 89.4 cm³/mol. The first-order chi connectivity index (χ1) is 11.2. The first-order valence-corrected chi connectivity index (χ1v) is 7.30. The number of aryl methyl sites for hydroxylation is 1. The van der Waals surface area contributed by atoms with Gasteiger partial charge in [-0.25, -0.2) is 0 Å². The van der Waals surface area contributed by atoms with E-state index in [0.717, 1.165) is 23.4 Å². The second kappa shape index (κ2) is 8.35. The molecule has 0 saturated carbocycles. The Bertz CT molecular complexity index is 715. The van der Waals surface area contributed by atoms with Gasteiger partial charge < -0.3 is 10.6 Å². The summed E-state index contributed by atoms with van der Waals surface area (Å²) >= 11 is 0. The maximum Gasteiger partial charge on any atom is 0.263 e. The Hall–Kier alpha value is -3.13.